The zero-order chi connectivity index (χ0) is 60.2. The van der Waals surface area contributed by atoms with Crippen LogP contribution in [0.2, 0.25) is 15.1 Å². The van der Waals surface area contributed by atoms with Crippen molar-refractivity contribution in [3.05, 3.63) is 168 Å². The molecule has 0 saturated carbocycles. The van der Waals surface area contributed by atoms with Crippen LogP contribution in [0.1, 0.15) is 84.4 Å². The molecule has 4 amide bonds. The molecule has 8 rings (SSSR count). The molecule has 24 heteroatoms. The first-order chi connectivity index (χ1) is 40.5. The van der Waals surface area contributed by atoms with Crippen molar-refractivity contribution in [1.29, 1.82) is 0 Å². The van der Waals surface area contributed by atoms with E-state index < -0.39 is 95.8 Å². The molecular weight excluding hydrogens is 1150 g/mol. The van der Waals surface area contributed by atoms with Crippen LogP contribution >= 0.6 is 34.8 Å². The van der Waals surface area contributed by atoms with Gasteiger partial charge < -0.3 is 38.1 Å². The van der Waals surface area contributed by atoms with E-state index in [0.29, 0.717) is 27.5 Å². The van der Waals surface area contributed by atoms with E-state index in [2.05, 4.69) is 4.98 Å². The number of hydrogen-bond acceptors (Lipinski definition) is 17. The molecule has 0 bridgehead atoms. The van der Waals surface area contributed by atoms with Crippen LogP contribution in [-0.2, 0) is 57.6 Å². The monoisotopic (exact) mass is 1210 g/mol. The largest absolute Gasteiger partial charge is 0.490 e. The summed E-state index contributed by atoms with van der Waals surface area (Å²) in [6, 6.07) is 24.0. The van der Waals surface area contributed by atoms with Gasteiger partial charge in [0.2, 0.25) is 18.1 Å². The summed E-state index contributed by atoms with van der Waals surface area (Å²) in [7, 11) is 0. The van der Waals surface area contributed by atoms with Gasteiger partial charge in [0.1, 0.15) is 18.7 Å². The molecule has 6 aromatic rings. The number of β-lactam (4-membered cyclic amide) rings is 1. The lowest BCUT2D eigenvalue weighted by Gasteiger charge is -2.53. The quantitative estimate of drug-likeness (QED) is 0.00958. The van der Waals surface area contributed by atoms with Crippen LogP contribution in [0.4, 0.5) is 0 Å². The molecule has 2 aliphatic heterocycles. The first-order valence-electron chi connectivity index (χ1n) is 27.0. The zero-order valence-corrected chi connectivity index (χ0v) is 48.2. The van der Waals surface area contributed by atoms with Crippen molar-refractivity contribution in [3.8, 4) is 23.0 Å². The minimum Gasteiger partial charge on any atom is -0.490 e. The summed E-state index contributed by atoms with van der Waals surface area (Å²) in [6.07, 6.45) is -3.51. The summed E-state index contributed by atoms with van der Waals surface area (Å²) in [5.41, 5.74) is 3.55. The van der Waals surface area contributed by atoms with Crippen molar-refractivity contribution >= 4 is 87.2 Å². The number of imide groups is 1. The minimum atomic E-state index is -2.19. The van der Waals surface area contributed by atoms with Crippen LogP contribution in [0.5, 0.6) is 23.0 Å². The van der Waals surface area contributed by atoms with Crippen LogP contribution in [0.15, 0.2) is 115 Å². The molecule has 84 heavy (non-hydrogen) atoms. The second kappa shape index (κ2) is 28.2. The van der Waals surface area contributed by atoms with Crippen molar-refractivity contribution < 1.29 is 71.8 Å². The number of nitrogens with zero attached hydrogens (tertiary/aromatic N) is 4. The number of para-hydroxylation sites is 1. The van der Waals surface area contributed by atoms with E-state index in [-0.39, 0.29) is 95.4 Å². The number of nitro groups is 1. The molecule has 2 saturated heterocycles. The number of halogens is 3. The first-order valence-corrected chi connectivity index (χ1v) is 28.1. The Labute approximate surface area is 497 Å². The van der Waals surface area contributed by atoms with Gasteiger partial charge in [-0.15, -0.1) is 0 Å². The molecule has 3 heterocycles. The van der Waals surface area contributed by atoms with Crippen molar-refractivity contribution in [1.82, 2.24) is 20.2 Å². The Bertz CT molecular complexity index is 3370. The zero-order valence-electron chi connectivity index (χ0n) is 46.0. The highest BCUT2D eigenvalue weighted by molar-refractivity contribution is 6.43. The van der Waals surface area contributed by atoms with E-state index in [1.807, 2.05) is 12.1 Å². The molecule has 0 spiro atoms. The van der Waals surface area contributed by atoms with Crippen LogP contribution in [0, 0.1) is 16.0 Å². The second-order valence-corrected chi connectivity index (χ2v) is 20.4. The van der Waals surface area contributed by atoms with Gasteiger partial charge in [-0.2, -0.15) is 0 Å². The maximum atomic E-state index is 15.6. The van der Waals surface area contributed by atoms with Gasteiger partial charge in [-0.25, -0.2) is 24.5 Å². The Balaban J connectivity index is 1.23. The normalized spacial score (nSPS) is 17.2. The Kier molecular flexibility index (Phi) is 20.6. The summed E-state index contributed by atoms with van der Waals surface area (Å²) in [5, 5.41) is 11.5. The molecule has 440 valence electrons. The number of carbonyl (C=O) groups excluding carboxylic acids is 7. The average Bonchev–Trinajstić information content (AvgIpc) is 2.72. The standard InChI is InChI=1S/C60H58Cl3N5O16/c1-5-78-46-23-19-37(30-48(46)80-7-3)58(73)83-53-54(84-59(74)38-20-24-47(79-6-2)49(31-38)81-8-4)57(72)67(56(53)71)52-45(22-18-35-26-27-64-44-17-13-12-16-40(35)44)66(55(52)70)51(60(75)82-33-39-29-42(62)43(63)32-41(39)61)36(21-25-50(69)65-68(76)77)28-34-14-10-9-11-15-34/h9-17,19-20,23-24,26-27,29-32,36,45,51-54H,5-8,18,21-22,25,28,33H2,1-4H3,(H,65,69)/t36-,45?,51?,52?,53?,54?/m0/s1. The molecule has 2 fully saturated rings. The number of likely N-dealkylation sites (tertiary alicyclic amines) is 2. The molecule has 2 aliphatic rings. The number of ether oxygens (including phenoxy) is 7. The van der Waals surface area contributed by atoms with E-state index in [1.165, 1.54) is 53.4 Å². The number of esters is 3. The van der Waals surface area contributed by atoms with E-state index in [0.717, 1.165) is 10.9 Å². The SMILES string of the molecule is CCOc1ccc(C(=O)OC2C(=O)N(C3C(=O)N(C(C(=O)OCc4cc(Cl)c(Cl)cc4Cl)[C@@H](CCC(=O)N[N+](=O)[O-])Cc4ccccc4)C3CCc3ccnc4ccccc34)C(=O)C2OC(=O)c2ccc(OCC)c(OCC)c2)cc1OCC. The number of hydrazine groups is 1. The van der Waals surface area contributed by atoms with Gasteiger partial charge in [0.05, 0.1) is 59.2 Å². The van der Waals surface area contributed by atoms with E-state index >= 15 is 19.2 Å². The Hall–Kier alpha value is -8.53. The Morgan fingerprint density at radius 3 is 1.81 bits per heavy atom. The van der Waals surface area contributed by atoms with Crippen LogP contribution in [0.3, 0.4) is 0 Å². The van der Waals surface area contributed by atoms with Crippen LogP contribution in [-0.4, -0.2) is 118 Å². The number of benzene rings is 5. The molecule has 6 atom stereocenters. The summed E-state index contributed by atoms with van der Waals surface area (Å²) in [6.45, 7) is 7.31. The summed E-state index contributed by atoms with van der Waals surface area (Å²) < 4.78 is 40.6. The highest BCUT2D eigenvalue weighted by Crippen LogP contribution is 2.41. The number of carbonyl (C=O) groups is 7. The fourth-order valence-corrected chi connectivity index (χ4v) is 10.8. The molecule has 5 unspecified atom stereocenters. The Morgan fingerprint density at radius 1 is 0.667 bits per heavy atom. The summed E-state index contributed by atoms with van der Waals surface area (Å²) in [4.78, 5) is 121. The van der Waals surface area contributed by atoms with Crippen molar-refractivity contribution in [2.45, 2.75) is 96.7 Å². The number of aromatic nitrogens is 1. The van der Waals surface area contributed by atoms with Gasteiger partial charge in [-0.3, -0.25) is 29.1 Å². The smallest absolute Gasteiger partial charge is 0.339 e. The lowest BCUT2D eigenvalue weighted by atomic mass is 9.80. The van der Waals surface area contributed by atoms with Crippen molar-refractivity contribution in [3.63, 3.8) is 0 Å². The van der Waals surface area contributed by atoms with E-state index in [1.54, 1.807) is 87.8 Å². The number of fused-ring (bicyclic) bond motifs is 1. The lowest BCUT2D eigenvalue weighted by Crippen LogP contribution is -2.76. The Morgan fingerprint density at radius 2 is 1.23 bits per heavy atom. The molecule has 5 aromatic carbocycles. The van der Waals surface area contributed by atoms with Crippen molar-refractivity contribution in [2.24, 2.45) is 5.92 Å². The maximum Gasteiger partial charge on any atom is 0.339 e. The van der Waals surface area contributed by atoms with E-state index in [9.17, 15) is 24.5 Å². The van der Waals surface area contributed by atoms with Gasteiger partial charge in [-0.05, 0) is 131 Å². The van der Waals surface area contributed by atoms with Crippen molar-refractivity contribution in [2.75, 3.05) is 26.4 Å². The molecular formula is C60H58Cl3N5O16. The number of aryl methyl sites for hydroxylation is 1. The highest BCUT2D eigenvalue weighted by atomic mass is 35.5. The second-order valence-electron chi connectivity index (χ2n) is 19.2. The third kappa shape index (κ3) is 14.1. The lowest BCUT2D eigenvalue weighted by molar-refractivity contribution is -0.530. The molecule has 0 aliphatic carbocycles. The maximum absolute atomic E-state index is 15.6. The number of nitrogens with one attached hydrogen (secondary N) is 1. The first kappa shape index (κ1) is 61.5. The van der Waals surface area contributed by atoms with Crippen LogP contribution < -0.4 is 24.4 Å². The minimum absolute atomic E-state index is 0.0131. The molecule has 0 radical (unpaired) electrons. The fourth-order valence-electron chi connectivity index (χ4n) is 10.2. The van der Waals surface area contributed by atoms with Gasteiger partial charge >= 0.3 is 17.9 Å². The van der Waals surface area contributed by atoms with Crippen LogP contribution in [0.25, 0.3) is 10.9 Å². The number of rotatable bonds is 27. The van der Waals surface area contributed by atoms with Gasteiger partial charge in [-0.1, -0.05) is 88.8 Å². The third-order valence-electron chi connectivity index (χ3n) is 14.0. The number of hydrogen-bond donors (Lipinski definition) is 1. The number of pyridine rings is 1. The van der Waals surface area contributed by atoms with E-state index in [4.69, 9.17) is 68.0 Å². The number of amides is 4. The average molecular weight is 1210 g/mol. The third-order valence-corrected chi connectivity index (χ3v) is 15.0. The van der Waals surface area contributed by atoms with Gasteiger partial charge in [0, 0.05) is 28.6 Å². The molecule has 21 nitrogen and oxygen atoms in total. The highest BCUT2D eigenvalue weighted by Gasteiger charge is 2.64. The predicted molar refractivity (Wildman–Crippen MR) is 305 cm³/mol. The molecule has 1 N–H and O–H groups in total. The molecule has 1 aromatic heterocycles. The van der Waals surface area contributed by atoms with Gasteiger partial charge in [0.15, 0.2) is 28.0 Å². The summed E-state index contributed by atoms with van der Waals surface area (Å²) in [5.74, 6) is -7.93. The summed E-state index contributed by atoms with van der Waals surface area (Å²) >= 11 is 19.1. The predicted octanol–water partition coefficient (Wildman–Crippen LogP) is 9.18. The topological polar surface area (TPSA) is 259 Å². The fraction of sp³-hybridized carbons (Fsp3) is 0.333. The van der Waals surface area contributed by atoms with Gasteiger partial charge in [0.25, 0.3) is 17.7 Å².